The highest BCUT2D eigenvalue weighted by Crippen LogP contribution is 2.20. The average Bonchev–Trinajstić information content (AvgIpc) is 3.28. The Kier molecular flexibility index (Phi) is 7.25. The Balaban J connectivity index is 1.42. The normalized spacial score (nSPS) is 10.7. The molecule has 0 unspecified atom stereocenters. The van der Waals surface area contributed by atoms with Crippen LogP contribution < -0.4 is 20.9 Å². The third kappa shape index (κ3) is 5.57. The maximum absolute atomic E-state index is 14.4. The van der Waals surface area contributed by atoms with E-state index < -0.39 is 5.82 Å². The van der Waals surface area contributed by atoms with Gasteiger partial charge >= 0.3 is 0 Å². The Morgan fingerprint density at radius 3 is 2.46 bits per heavy atom. The number of anilines is 1. The number of amides is 1. The number of nitrogens with one attached hydrogen (secondary N) is 2. The topological polar surface area (TPSA) is 90.2 Å². The third-order valence-corrected chi connectivity index (χ3v) is 5.57. The Morgan fingerprint density at radius 1 is 1.03 bits per heavy atom. The van der Waals surface area contributed by atoms with Crippen LogP contribution >= 0.6 is 0 Å². The fourth-order valence-corrected chi connectivity index (χ4v) is 3.70. The van der Waals surface area contributed by atoms with Crippen molar-refractivity contribution < 1.29 is 13.9 Å². The zero-order valence-electron chi connectivity index (χ0n) is 19.5. The molecule has 180 valence electrons. The summed E-state index contributed by atoms with van der Waals surface area (Å²) in [6.07, 6.45) is 3.41. The molecule has 1 amide bonds. The highest BCUT2D eigenvalue weighted by Gasteiger charge is 2.17. The molecule has 0 fully saturated rings. The van der Waals surface area contributed by atoms with Crippen LogP contribution in [0.3, 0.4) is 0 Å². The monoisotopic (exact) mass is 475 g/mol. The Bertz CT molecular complexity index is 1380. The second-order valence-corrected chi connectivity index (χ2v) is 7.94. The fraction of sp³-hybridized carbons (Fsp3) is 0.192. The van der Waals surface area contributed by atoms with Gasteiger partial charge in [-0.3, -0.25) is 14.3 Å². The van der Waals surface area contributed by atoms with Crippen LogP contribution in [0.25, 0.3) is 0 Å². The van der Waals surface area contributed by atoms with Gasteiger partial charge in [0.2, 0.25) is 0 Å². The molecule has 0 aliphatic heterocycles. The van der Waals surface area contributed by atoms with Gasteiger partial charge in [-0.2, -0.15) is 5.10 Å². The molecule has 0 radical (unpaired) electrons. The van der Waals surface area contributed by atoms with E-state index >= 15 is 0 Å². The first-order valence-electron chi connectivity index (χ1n) is 11.1. The van der Waals surface area contributed by atoms with Gasteiger partial charge in [-0.25, -0.2) is 4.39 Å². The fourth-order valence-electron chi connectivity index (χ4n) is 3.70. The molecule has 4 rings (SSSR count). The van der Waals surface area contributed by atoms with Crippen molar-refractivity contribution in [3.05, 3.63) is 111 Å². The van der Waals surface area contributed by atoms with Crippen molar-refractivity contribution in [1.82, 2.24) is 19.7 Å². The molecule has 0 saturated carbocycles. The summed E-state index contributed by atoms with van der Waals surface area (Å²) < 4.78 is 22.7. The minimum Gasteiger partial charge on any atom is -0.494 e. The molecule has 2 heterocycles. The standard InChI is InChI=1S/C26H26FN5O3/c1-28-25-21(26(34)29-14-20-6-5-7-22(35-2)24(20)27)17-32(30-25)16-19-11-9-18(10-12-19)15-31-13-4-3-8-23(31)33/h3-13,17H,14-16H2,1-2H3,(H,28,30)(H,29,34). The summed E-state index contributed by atoms with van der Waals surface area (Å²) in [6, 6.07) is 17.7. The van der Waals surface area contributed by atoms with Crippen molar-refractivity contribution >= 4 is 11.7 Å². The number of methoxy groups -OCH3 is 1. The SMILES string of the molecule is CNc1nn(Cc2ccc(Cn3ccccc3=O)cc2)cc1C(=O)NCc1cccc(OC)c1F. The Labute approximate surface area is 202 Å². The molecule has 2 aromatic carbocycles. The number of benzene rings is 2. The molecule has 0 spiro atoms. The number of hydrogen-bond donors (Lipinski definition) is 2. The minimum atomic E-state index is -0.500. The molecular weight excluding hydrogens is 449 g/mol. The molecule has 0 saturated heterocycles. The van der Waals surface area contributed by atoms with Gasteiger partial charge in [-0.1, -0.05) is 42.5 Å². The first kappa shape index (κ1) is 23.7. The van der Waals surface area contributed by atoms with Crippen molar-refractivity contribution in [2.75, 3.05) is 19.5 Å². The van der Waals surface area contributed by atoms with E-state index in [1.54, 1.807) is 46.9 Å². The highest BCUT2D eigenvalue weighted by atomic mass is 19.1. The molecule has 0 atom stereocenters. The van der Waals surface area contributed by atoms with Crippen LogP contribution in [-0.2, 0) is 19.6 Å². The van der Waals surface area contributed by atoms with E-state index in [4.69, 9.17) is 4.74 Å². The predicted molar refractivity (Wildman–Crippen MR) is 131 cm³/mol. The lowest BCUT2D eigenvalue weighted by molar-refractivity contribution is 0.0951. The summed E-state index contributed by atoms with van der Waals surface area (Å²) >= 11 is 0. The second-order valence-electron chi connectivity index (χ2n) is 7.94. The number of carbonyl (C=O) groups excluding carboxylic acids is 1. The lowest BCUT2D eigenvalue weighted by Crippen LogP contribution is -2.23. The van der Waals surface area contributed by atoms with Crippen molar-refractivity contribution in [2.24, 2.45) is 0 Å². The molecule has 2 aromatic heterocycles. The molecule has 2 N–H and O–H groups in total. The van der Waals surface area contributed by atoms with E-state index in [1.807, 2.05) is 30.3 Å². The zero-order valence-corrected chi connectivity index (χ0v) is 19.5. The number of pyridine rings is 1. The number of ether oxygens (including phenoxy) is 1. The lowest BCUT2D eigenvalue weighted by atomic mass is 10.1. The smallest absolute Gasteiger partial charge is 0.256 e. The third-order valence-electron chi connectivity index (χ3n) is 5.57. The number of halogens is 1. The van der Waals surface area contributed by atoms with Crippen molar-refractivity contribution in [1.29, 1.82) is 0 Å². The summed E-state index contributed by atoms with van der Waals surface area (Å²) in [7, 11) is 3.08. The summed E-state index contributed by atoms with van der Waals surface area (Å²) in [5.41, 5.74) is 2.63. The van der Waals surface area contributed by atoms with Gasteiger partial charge in [0, 0.05) is 37.6 Å². The Hall–Kier alpha value is -4.40. The van der Waals surface area contributed by atoms with E-state index in [1.165, 1.54) is 19.2 Å². The summed E-state index contributed by atoms with van der Waals surface area (Å²) in [6.45, 7) is 0.962. The van der Waals surface area contributed by atoms with Gasteiger partial charge in [-0.15, -0.1) is 0 Å². The average molecular weight is 476 g/mol. The molecule has 0 aliphatic carbocycles. The van der Waals surface area contributed by atoms with E-state index in [9.17, 15) is 14.0 Å². The number of hydrogen-bond acceptors (Lipinski definition) is 5. The maximum Gasteiger partial charge on any atom is 0.256 e. The summed E-state index contributed by atoms with van der Waals surface area (Å²) in [4.78, 5) is 24.7. The van der Waals surface area contributed by atoms with Crippen LogP contribution in [-0.4, -0.2) is 34.4 Å². The quantitative estimate of drug-likeness (QED) is 0.388. The van der Waals surface area contributed by atoms with Crippen LogP contribution in [0.1, 0.15) is 27.0 Å². The number of carbonyl (C=O) groups is 1. The van der Waals surface area contributed by atoms with Crippen molar-refractivity contribution in [2.45, 2.75) is 19.6 Å². The van der Waals surface area contributed by atoms with Crippen LogP contribution in [0.5, 0.6) is 5.75 Å². The zero-order chi connectivity index (χ0) is 24.8. The van der Waals surface area contributed by atoms with Crippen LogP contribution in [0.4, 0.5) is 10.2 Å². The van der Waals surface area contributed by atoms with Crippen LogP contribution in [0.15, 0.2) is 77.9 Å². The van der Waals surface area contributed by atoms with Gasteiger partial charge in [0.05, 0.1) is 20.2 Å². The highest BCUT2D eigenvalue weighted by molar-refractivity contribution is 5.98. The van der Waals surface area contributed by atoms with E-state index in [0.29, 0.717) is 30.0 Å². The molecule has 0 bridgehead atoms. The number of aromatic nitrogens is 3. The van der Waals surface area contributed by atoms with Crippen LogP contribution in [0.2, 0.25) is 0 Å². The van der Waals surface area contributed by atoms with Gasteiger partial charge in [0.25, 0.3) is 11.5 Å². The molecule has 8 nitrogen and oxygen atoms in total. The van der Waals surface area contributed by atoms with Gasteiger partial charge < -0.3 is 19.9 Å². The molecule has 0 aliphatic rings. The number of nitrogens with zero attached hydrogens (tertiary/aromatic N) is 3. The van der Waals surface area contributed by atoms with E-state index in [-0.39, 0.29) is 23.8 Å². The van der Waals surface area contributed by atoms with Gasteiger partial charge in [0.15, 0.2) is 17.4 Å². The van der Waals surface area contributed by atoms with E-state index in [2.05, 4.69) is 15.7 Å². The Morgan fingerprint density at radius 2 is 1.77 bits per heavy atom. The van der Waals surface area contributed by atoms with E-state index in [0.717, 1.165) is 11.1 Å². The van der Waals surface area contributed by atoms with Crippen molar-refractivity contribution in [3.63, 3.8) is 0 Å². The first-order chi connectivity index (χ1) is 17.0. The van der Waals surface area contributed by atoms with Gasteiger partial charge in [0.1, 0.15) is 5.56 Å². The molecule has 4 aromatic rings. The molecule has 9 heteroatoms. The second kappa shape index (κ2) is 10.7. The summed E-state index contributed by atoms with van der Waals surface area (Å²) in [5, 5.41) is 10.1. The maximum atomic E-state index is 14.4. The van der Waals surface area contributed by atoms with Crippen molar-refractivity contribution in [3.8, 4) is 5.75 Å². The summed E-state index contributed by atoms with van der Waals surface area (Å²) in [5.74, 6) is -0.317. The van der Waals surface area contributed by atoms with Gasteiger partial charge in [-0.05, 0) is 23.3 Å². The number of rotatable bonds is 9. The lowest BCUT2D eigenvalue weighted by Gasteiger charge is -2.08. The predicted octanol–water partition coefficient (Wildman–Crippen LogP) is 3.26. The van der Waals surface area contributed by atoms with Crippen LogP contribution in [0, 0.1) is 5.82 Å². The molecular formula is C26H26FN5O3. The largest absolute Gasteiger partial charge is 0.494 e. The minimum absolute atomic E-state index is 0.0160. The first-order valence-corrected chi connectivity index (χ1v) is 11.1. The molecule has 35 heavy (non-hydrogen) atoms.